The Morgan fingerprint density at radius 1 is 0.415 bits per heavy atom. The van der Waals surface area contributed by atoms with Gasteiger partial charge >= 0.3 is 0 Å². The van der Waals surface area contributed by atoms with Gasteiger partial charge in [-0.3, -0.25) is 4.57 Å². The maximum Gasteiger partial charge on any atom is 0.213 e. The molecular weight excluding hydrogens is 500 g/mol. The monoisotopic (exact) mass is 524 g/mol. The first-order valence-electron chi connectivity index (χ1n) is 14.0. The number of hydrogen-bond acceptors (Lipinski definition) is 1. The number of benzene rings is 6. The van der Waals surface area contributed by atoms with Crippen LogP contribution in [0.4, 0.5) is 0 Å². The van der Waals surface area contributed by atoms with Crippen LogP contribution in [0.1, 0.15) is 0 Å². The second-order valence-electron chi connectivity index (χ2n) is 10.6. The fourth-order valence-corrected chi connectivity index (χ4v) is 6.59. The molecule has 41 heavy (non-hydrogen) atoms. The van der Waals surface area contributed by atoms with Crippen molar-refractivity contribution >= 4 is 54.8 Å². The Labute approximate surface area is 236 Å². The molecule has 0 unspecified atom stereocenters. The minimum atomic E-state index is 0.877. The fraction of sp³-hybridized carbons (Fsp3) is 0. The van der Waals surface area contributed by atoms with E-state index in [1.807, 2.05) is 12.1 Å². The molecule has 192 valence electrons. The molecule has 0 aliphatic carbocycles. The lowest BCUT2D eigenvalue weighted by atomic mass is 10.0. The predicted octanol–water partition coefficient (Wildman–Crippen LogP) is 10.3. The van der Waals surface area contributed by atoms with Crippen LogP contribution in [0.5, 0.6) is 0 Å². The molecule has 3 aromatic heterocycles. The van der Waals surface area contributed by atoms with Gasteiger partial charge in [-0.15, -0.1) is 0 Å². The Kier molecular flexibility index (Phi) is 4.61. The van der Waals surface area contributed by atoms with Crippen LogP contribution in [0.2, 0.25) is 0 Å². The highest BCUT2D eigenvalue weighted by molar-refractivity contribution is 6.22. The Hall–Kier alpha value is -5.54. The summed E-state index contributed by atoms with van der Waals surface area (Å²) in [5.74, 6) is 0. The summed E-state index contributed by atoms with van der Waals surface area (Å²) in [5.41, 5.74) is 9.95. The third-order valence-corrected chi connectivity index (χ3v) is 8.34. The molecule has 9 rings (SSSR count). The highest BCUT2D eigenvalue weighted by atomic mass is 16.3. The quantitative estimate of drug-likeness (QED) is 0.225. The van der Waals surface area contributed by atoms with Crippen LogP contribution in [-0.4, -0.2) is 9.13 Å². The summed E-state index contributed by atoms with van der Waals surface area (Å²) in [5, 5.41) is 6.03. The minimum Gasteiger partial charge on any atom is -0.439 e. The van der Waals surface area contributed by atoms with Gasteiger partial charge in [-0.25, -0.2) is 0 Å². The van der Waals surface area contributed by atoms with Crippen molar-refractivity contribution < 1.29 is 4.42 Å². The third-order valence-electron chi connectivity index (χ3n) is 8.34. The summed E-state index contributed by atoms with van der Waals surface area (Å²) in [4.78, 5) is 0. The van der Waals surface area contributed by atoms with E-state index in [2.05, 4.69) is 143 Å². The molecule has 0 saturated heterocycles. The zero-order chi connectivity index (χ0) is 26.9. The van der Waals surface area contributed by atoms with Gasteiger partial charge in [0, 0.05) is 38.5 Å². The van der Waals surface area contributed by atoms with Crippen molar-refractivity contribution in [1.82, 2.24) is 9.13 Å². The molecule has 0 aliphatic heterocycles. The summed E-state index contributed by atoms with van der Waals surface area (Å²) in [6.45, 7) is 0. The van der Waals surface area contributed by atoms with E-state index in [0.29, 0.717) is 0 Å². The van der Waals surface area contributed by atoms with Crippen LogP contribution in [0, 0.1) is 0 Å². The average Bonchev–Trinajstić information content (AvgIpc) is 3.68. The third kappa shape index (κ3) is 3.14. The SMILES string of the molecule is c1ccc(-n2c3oc4ccccc4c3c3cccc(-c4ccc(-n5c6ccccc6c6ccccc65)cc4)c32)cc1. The molecule has 6 aromatic carbocycles. The van der Waals surface area contributed by atoms with Gasteiger partial charge in [-0.05, 0) is 48.0 Å². The second kappa shape index (κ2) is 8.48. The number of furan rings is 1. The van der Waals surface area contributed by atoms with Crippen molar-refractivity contribution in [3.8, 4) is 22.5 Å². The molecule has 0 fully saturated rings. The van der Waals surface area contributed by atoms with Crippen LogP contribution in [-0.2, 0) is 0 Å². The van der Waals surface area contributed by atoms with E-state index in [9.17, 15) is 0 Å². The van der Waals surface area contributed by atoms with Crippen molar-refractivity contribution in [3.63, 3.8) is 0 Å². The molecule has 0 saturated carbocycles. The molecule has 0 aliphatic rings. The molecular formula is C38H24N2O. The lowest BCUT2D eigenvalue weighted by Gasteiger charge is -2.12. The Morgan fingerprint density at radius 3 is 1.73 bits per heavy atom. The van der Waals surface area contributed by atoms with Gasteiger partial charge in [0.25, 0.3) is 0 Å². The summed E-state index contributed by atoms with van der Waals surface area (Å²) in [6, 6.07) is 51.7. The predicted molar refractivity (Wildman–Crippen MR) is 170 cm³/mol. The van der Waals surface area contributed by atoms with Crippen LogP contribution in [0.25, 0.3) is 77.3 Å². The summed E-state index contributed by atoms with van der Waals surface area (Å²) in [7, 11) is 0. The molecule has 0 radical (unpaired) electrons. The molecule has 9 aromatic rings. The van der Waals surface area contributed by atoms with E-state index >= 15 is 0 Å². The maximum absolute atomic E-state index is 6.52. The average molecular weight is 525 g/mol. The van der Waals surface area contributed by atoms with Gasteiger partial charge in [-0.1, -0.05) is 103 Å². The van der Waals surface area contributed by atoms with Crippen LogP contribution in [0.3, 0.4) is 0 Å². The van der Waals surface area contributed by atoms with Crippen molar-refractivity contribution in [2.45, 2.75) is 0 Å². The number of rotatable bonds is 3. The van der Waals surface area contributed by atoms with Crippen molar-refractivity contribution in [1.29, 1.82) is 0 Å². The maximum atomic E-state index is 6.52. The van der Waals surface area contributed by atoms with E-state index in [1.165, 1.54) is 38.3 Å². The molecule has 0 spiro atoms. The lowest BCUT2D eigenvalue weighted by molar-refractivity contribution is 0.645. The molecule has 3 nitrogen and oxygen atoms in total. The van der Waals surface area contributed by atoms with Crippen molar-refractivity contribution in [3.05, 3.63) is 146 Å². The van der Waals surface area contributed by atoms with Crippen LogP contribution >= 0.6 is 0 Å². The second-order valence-corrected chi connectivity index (χ2v) is 10.6. The number of nitrogens with zero attached hydrogens (tertiary/aromatic N) is 2. The lowest BCUT2D eigenvalue weighted by Crippen LogP contribution is -1.96. The topological polar surface area (TPSA) is 23.0 Å². The normalized spacial score (nSPS) is 11.9. The van der Waals surface area contributed by atoms with E-state index < -0.39 is 0 Å². The number of aromatic nitrogens is 2. The number of hydrogen-bond donors (Lipinski definition) is 0. The standard InChI is InChI=1S/C38H24N2O/c1-2-11-26(12-3-1)40-37-28(16-10-17-32(37)36-31-15-6-9-20-35(31)41-38(36)40)25-21-23-27(24-22-25)39-33-18-7-4-13-29(33)30-14-5-8-19-34(30)39/h1-24H. The molecule has 0 amide bonds. The highest BCUT2D eigenvalue weighted by Gasteiger charge is 2.21. The Bertz CT molecular complexity index is 2350. The van der Waals surface area contributed by atoms with Gasteiger partial charge in [0.15, 0.2) is 0 Å². The zero-order valence-corrected chi connectivity index (χ0v) is 22.2. The first-order valence-corrected chi connectivity index (χ1v) is 14.0. The van der Waals surface area contributed by atoms with Crippen molar-refractivity contribution in [2.75, 3.05) is 0 Å². The van der Waals surface area contributed by atoms with Crippen LogP contribution < -0.4 is 0 Å². The van der Waals surface area contributed by atoms with Gasteiger partial charge in [0.2, 0.25) is 5.71 Å². The van der Waals surface area contributed by atoms with E-state index in [4.69, 9.17) is 4.42 Å². The largest absolute Gasteiger partial charge is 0.439 e. The van der Waals surface area contributed by atoms with Crippen molar-refractivity contribution in [2.24, 2.45) is 0 Å². The smallest absolute Gasteiger partial charge is 0.213 e. The van der Waals surface area contributed by atoms with Gasteiger partial charge in [0.05, 0.1) is 21.9 Å². The molecule has 0 bridgehead atoms. The molecule has 0 atom stereocenters. The van der Waals surface area contributed by atoms with Gasteiger partial charge < -0.3 is 8.98 Å². The number of fused-ring (bicyclic) bond motifs is 8. The Balaban J connectivity index is 1.30. The molecule has 0 N–H and O–H groups in total. The van der Waals surface area contributed by atoms with Gasteiger partial charge in [0.1, 0.15) is 5.58 Å². The minimum absolute atomic E-state index is 0.877. The zero-order valence-electron chi connectivity index (χ0n) is 22.2. The summed E-state index contributed by atoms with van der Waals surface area (Å²) < 4.78 is 11.2. The number of para-hydroxylation sites is 5. The van der Waals surface area contributed by atoms with Gasteiger partial charge in [-0.2, -0.15) is 0 Å². The van der Waals surface area contributed by atoms with E-state index in [0.717, 1.165) is 39.0 Å². The summed E-state index contributed by atoms with van der Waals surface area (Å²) in [6.07, 6.45) is 0. The molecule has 3 heteroatoms. The summed E-state index contributed by atoms with van der Waals surface area (Å²) >= 11 is 0. The molecule has 3 heterocycles. The first kappa shape index (κ1) is 22.3. The fourth-order valence-electron chi connectivity index (χ4n) is 6.59. The first-order chi connectivity index (χ1) is 20.4. The van der Waals surface area contributed by atoms with E-state index in [-0.39, 0.29) is 0 Å². The van der Waals surface area contributed by atoms with Crippen LogP contribution in [0.15, 0.2) is 150 Å². The highest BCUT2D eigenvalue weighted by Crippen LogP contribution is 2.42. The Morgan fingerprint density at radius 2 is 1.00 bits per heavy atom. The van der Waals surface area contributed by atoms with E-state index in [1.54, 1.807) is 0 Å².